The van der Waals surface area contributed by atoms with Crippen molar-refractivity contribution in [2.45, 2.75) is 25.9 Å². The van der Waals surface area contributed by atoms with Gasteiger partial charge in [-0.2, -0.15) is 0 Å². The van der Waals surface area contributed by atoms with Crippen molar-refractivity contribution in [2.75, 3.05) is 13.2 Å². The molecule has 1 aliphatic rings. The second kappa shape index (κ2) is 4.62. The highest BCUT2D eigenvalue weighted by Crippen LogP contribution is 2.14. The van der Waals surface area contributed by atoms with Gasteiger partial charge in [0, 0.05) is 12.6 Å². The first-order chi connectivity index (χ1) is 6.86. The molecule has 0 bridgehead atoms. The summed E-state index contributed by atoms with van der Waals surface area (Å²) in [7, 11) is 0. The summed E-state index contributed by atoms with van der Waals surface area (Å²) in [6, 6.07) is 4.48. The number of nitrogens with one attached hydrogen (secondary N) is 1. The van der Waals surface area contributed by atoms with E-state index in [2.05, 4.69) is 12.2 Å². The molecule has 78 valence electrons. The quantitative estimate of drug-likeness (QED) is 0.798. The zero-order valence-corrected chi connectivity index (χ0v) is 8.53. The molecule has 3 heteroatoms. The van der Waals surface area contributed by atoms with Crippen molar-refractivity contribution in [3.63, 3.8) is 0 Å². The van der Waals surface area contributed by atoms with Gasteiger partial charge in [0.15, 0.2) is 0 Å². The van der Waals surface area contributed by atoms with Crippen molar-refractivity contribution in [1.29, 1.82) is 0 Å². The lowest BCUT2D eigenvalue weighted by Gasteiger charge is -2.29. The maximum Gasteiger partial charge on any atom is 0.117 e. The van der Waals surface area contributed by atoms with Crippen molar-refractivity contribution in [2.24, 2.45) is 5.92 Å². The van der Waals surface area contributed by atoms with Gasteiger partial charge < -0.3 is 14.5 Å². The Balaban J connectivity index is 1.79. The van der Waals surface area contributed by atoms with Crippen LogP contribution in [0.15, 0.2) is 22.8 Å². The molecule has 1 N–H and O–H groups in total. The molecule has 2 unspecified atom stereocenters. The summed E-state index contributed by atoms with van der Waals surface area (Å²) in [5.74, 6) is 1.60. The second-order valence-corrected chi connectivity index (χ2v) is 3.91. The first-order valence-corrected chi connectivity index (χ1v) is 5.20. The second-order valence-electron chi connectivity index (χ2n) is 3.91. The van der Waals surface area contributed by atoms with Gasteiger partial charge in [0.25, 0.3) is 0 Å². The summed E-state index contributed by atoms with van der Waals surface area (Å²) in [6.07, 6.45) is 2.81. The zero-order valence-electron chi connectivity index (χ0n) is 8.53. The van der Waals surface area contributed by atoms with Gasteiger partial charge in [0.1, 0.15) is 5.76 Å². The number of ether oxygens (including phenoxy) is 1. The standard InChI is InChI=1S/C11H17NO2/c1-9-8-13-6-4-11(9)12-7-10-3-2-5-14-10/h2-3,5,9,11-12H,4,6-8H2,1H3. The Hall–Kier alpha value is -0.800. The molecule has 0 amide bonds. The molecular formula is C11H17NO2. The van der Waals surface area contributed by atoms with Crippen LogP contribution in [-0.2, 0) is 11.3 Å². The summed E-state index contributed by atoms with van der Waals surface area (Å²) in [4.78, 5) is 0. The summed E-state index contributed by atoms with van der Waals surface area (Å²) in [5.41, 5.74) is 0. The predicted octanol–water partition coefficient (Wildman–Crippen LogP) is 1.79. The lowest BCUT2D eigenvalue weighted by Crippen LogP contribution is -2.40. The van der Waals surface area contributed by atoms with E-state index in [0.717, 1.165) is 31.9 Å². The fourth-order valence-electron chi connectivity index (χ4n) is 1.83. The number of rotatable bonds is 3. The van der Waals surface area contributed by atoms with E-state index in [9.17, 15) is 0 Å². The minimum absolute atomic E-state index is 0.564. The Morgan fingerprint density at radius 2 is 2.50 bits per heavy atom. The van der Waals surface area contributed by atoms with E-state index < -0.39 is 0 Å². The Labute approximate surface area is 84.4 Å². The van der Waals surface area contributed by atoms with E-state index >= 15 is 0 Å². The molecule has 0 aromatic carbocycles. The Kier molecular flexibility index (Phi) is 3.22. The van der Waals surface area contributed by atoms with Crippen LogP contribution in [-0.4, -0.2) is 19.3 Å². The molecule has 2 rings (SSSR count). The monoisotopic (exact) mass is 195 g/mol. The fraction of sp³-hybridized carbons (Fsp3) is 0.636. The van der Waals surface area contributed by atoms with E-state index in [1.807, 2.05) is 12.1 Å². The largest absolute Gasteiger partial charge is 0.468 e. The van der Waals surface area contributed by atoms with Crippen LogP contribution in [0.3, 0.4) is 0 Å². The van der Waals surface area contributed by atoms with Crippen LogP contribution < -0.4 is 5.32 Å². The molecule has 1 aliphatic heterocycles. The van der Waals surface area contributed by atoms with Crippen molar-refractivity contribution >= 4 is 0 Å². The van der Waals surface area contributed by atoms with Crippen molar-refractivity contribution in [1.82, 2.24) is 5.32 Å². The van der Waals surface area contributed by atoms with E-state index in [1.165, 1.54) is 0 Å². The van der Waals surface area contributed by atoms with Gasteiger partial charge in [-0.3, -0.25) is 0 Å². The van der Waals surface area contributed by atoms with E-state index in [-0.39, 0.29) is 0 Å². The number of furan rings is 1. The zero-order chi connectivity index (χ0) is 9.80. The third kappa shape index (κ3) is 2.36. The lowest BCUT2D eigenvalue weighted by atomic mass is 9.98. The maximum absolute atomic E-state index is 5.39. The molecular weight excluding hydrogens is 178 g/mol. The first-order valence-electron chi connectivity index (χ1n) is 5.20. The molecule has 3 nitrogen and oxygen atoms in total. The van der Waals surface area contributed by atoms with Gasteiger partial charge in [-0.05, 0) is 24.5 Å². The van der Waals surface area contributed by atoms with E-state index in [1.54, 1.807) is 6.26 Å². The SMILES string of the molecule is CC1COCCC1NCc1ccco1. The minimum Gasteiger partial charge on any atom is -0.468 e. The van der Waals surface area contributed by atoms with Gasteiger partial charge in [-0.25, -0.2) is 0 Å². The Bertz CT molecular complexity index is 258. The summed E-state index contributed by atoms with van der Waals surface area (Å²) < 4.78 is 10.7. The normalized spacial score (nSPS) is 27.8. The smallest absolute Gasteiger partial charge is 0.117 e. The molecule has 14 heavy (non-hydrogen) atoms. The van der Waals surface area contributed by atoms with Gasteiger partial charge in [-0.15, -0.1) is 0 Å². The number of hydrogen-bond donors (Lipinski definition) is 1. The van der Waals surface area contributed by atoms with Crippen LogP contribution in [0.2, 0.25) is 0 Å². The highest BCUT2D eigenvalue weighted by atomic mass is 16.5. The molecule has 2 atom stereocenters. The fourth-order valence-corrected chi connectivity index (χ4v) is 1.83. The van der Waals surface area contributed by atoms with Crippen LogP contribution in [0.1, 0.15) is 19.1 Å². The van der Waals surface area contributed by atoms with Crippen LogP contribution in [0.25, 0.3) is 0 Å². The average Bonchev–Trinajstić information content (AvgIpc) is 2.69. The van der Waals surface area contributed by atoms with Gasteiger partial charge in [-0.1, -0.05) is 6.92 Å². The highest BCUT2D eigenvalue weighted by molar-refractivity contribution is 4.98. The van der Waals surface area contributed by atoms with Crippen molar-refractivity contribution < 1.29 is 9.15 Å². The van der Waals surface area contributed by atoms with Crippen molar-refractivity contribution in [3.05, 3.63) is 24.2 Å². The van der Waals surface area contributed by atoms with Gasteiger partial charge in [0.05, 0.1) is 19.4 Å². The Morgan fingerprint density at radius 1 is 1.57 bits per heavy atom. The van der Waals surface area contributed by atoms with E-state index in [4.69, 9.17) is 9.15 Å². The molecule has 0 spiro atoms. The lowest BCUT2D eigenvalue weighted by molar-refractivity contribution is 0.0381. The molecule has 2 heterocycles. The Morgan fingerprint density at radius 3 is 3.21 bits per heavy atom. The molecule has 0 aliphatic carbocycles. The number of hydrogen-bond acceptors (Lipinski definition) is 3. The molecule has 1 aromatic heterocycles. The third-order valence-corrected chi connectivity index (χ3v) is 2.76. The van der Waals surface area contributed by atoms with Crippen LogP contribution in [0, 0.1) is 5.92 Å². The molecule has 0 saturated carbocycles. The predicted molar refractivity (Wildman–Crippen MR) is 53.9 cm³/mol. The summed E-state index contributed by atoms with van der Waals surface area (Å²) in [5, 5.41) is 3.50. The average molecular weight is 195 g/mol. The summed E-state index contributed by atoms with van der Waals surface area (Å²) in [6.45, 7) is 4.79. The molecule has 0 radical (unpaired) electrons. The molecule has 1 aromatic rings. The molecule has 1 fully saturated rings. The van der Waals surface area contributed by atoms with Gasteiger partial charge >= 0.3 is 0 Å². The summed E-state index contributed by atoms with van der Waals surface area (Å²) >= 11 is 0. The first kappa shape index (κ1) is 9.74. The minimum atomic E-state index is 0.564. The third-order valence-electron chi connectivity index (χ3n) is 2.76. The maximum atomic E-state index is 5.39. The van der Waals surface area contributed by atoms with Crippen LogP contribution in [0.4, 0.5) is 0 Å². The van der Waals surface area contributed by atoms with Crippen LogP contribution in [0.5, 0.6) is 0 Å². The van der Waals surface area contributed by atoms with Crippen molar-refractivity contribution in [3.8, 4) is 0 Å². The topological polar surface area (TPSA) is 34.4 Å². The molecule has 1 saturated heterocycles. The van der Waals surface area contributed by atoms with Crippen LogP contribution >= 0.6 is 0 Å². The van der Waals surface area contributed by atoms with E-state index in [0.29, 0.717) is 12.0 Å². The van der Waals surface area contributed by atoms with Gasteiger partial charge in [0.2, 0.25) is 0 Å². The highest BCUT2D eigenvalue weighted by Gasteiger charge is 2.21.